The molecule has 0 spiro atoms. The van der Waals surface area contributed by atoms with Gasteiger partial charge in [0.15, 0.2) is 5.65 Å². The fraction of sp³-hybridized carbons (Fsp3) is 0.278. The van der Waals surface area contributed by atoms with Gasteiger partial charge in [-0.3, -0.25) is 0 Å². The number of piperazine rings is 1. The molecular weight excluding hydrogens is 318 g/mol. The molecule has 0 atom stereocenters. The number of fused-ring (bicyclic) bond motifs is 1. The summed E-state index contributed by atoms with van der Waals surface area (Å²) in [6, 6.07) is 13.5. The zero-order valence-electron chi connectivity index (χ0n) is 13.8. The third-order valence-electron chi connectivity index (χ3n) is 4.34. The van der Waals surface area contributed by atoms with Crippen LogP contribution in [-0.4, -0.2) is 51.8 Å². The molecule has 0 unspecified atom stereocenters. The number of amides is 1. The highest BCUT2D eigenvalue weighted by atomic mass is 16.6. The Labute approximate surface area is 145 Å². The van der Waals surface area contributed by atoms with E-state index in [-0.39, 0.29) is 6.09 Å². The molecule has 3 heterocycles. The highest BCUT2D eigenvalue weighted by molar-refractivity contribution is 5.68. The quantitative estimate of drug-likeness (QED) is 0.733. The number of hydrogen-bond donors (Lipinski definition) is 0. The summed E-state index contributed by atoms with van der Waals surface area (Å²) in [5, 5.41) is 4.32. The number of nitrogens with zero attached hydrogens (tertiary/aromatic N) is 5. The smallest absolute Gasteiger partial charge is 0.410 e. The van der Waals surface area contributed by atoms with Crippen molar-refractivity contribution in [2.24, 2.45) is 0 Å². The first-order valence-corrected chi connectivity index (χ1v) is 8.30. The second-order valence-electron chi connectivity index (χ2n) is 5.92. The maximum Gasteiger partial charge on any atom is 0.410 e. The van der Waals surface area contributed by atoms with Crippen LogP contribution >= 0.6 is 0 Å². The van der Waals surface area contributed by atoms with Crippen LogP contribution in [0, 0.1) is 0 Å². The van der Waals surface area contributed by atoms with Crippen LogP contribution in [0.3, 0.4) is 0 Å². The van der Waals surface area contributed by atoms with E-state index in [1.165, 1.54) is 0 Å². The lowest BCUT2D eigenvalue weighted by Crippen LogP contribution is -2.49. The molecule has 1 aliphatic heterocycles. The number of rotatable bonds is 3. The normalized spacial score (nSPS) is 14.7. The molecular formula is C18H19N5O2. The fourth-order valence-electron chi connectivity index (χ4n) is 2.99. The zero-order chi connectivity index (χ0) is 17.1. The molecule has 128 valence electrons. The van der Waals surface area contributed by atoms with E-state index >= 15 is 0 Å². The minimum atomic E-state index is -0.262. The third-order valence-corrected chi connectivity index (χ3v) is 4.34. The number of benzene rings is 1. The summed E-state index contributed by atoms with van der Waals surface area (Å²) in [6.07, 6.45) is 3.26. The van der Waals surface area contributed by atoms with Crippen molar-refractivity contribution in [3.63, 3.8) is 0 Å². The van der Waals surface area contributed by atoms with Gasteiger partial charge in [0.25, 0.3) is 0 Å². The lowest BCUT2D eigenvalue weighted by Gasteiger charge is -2.35. The molecule has 7 nitrogen and oxygen atoms in total. The highest BCUT2D eigenvalue weighted by Crippen LogP contribution is 2.17. The Morgan fingerprint density at radius 2 is 1.80 bits per heavy atom. The largest absolute Gasteiger partial charge is 0.445 e. The summed E-state index contributed by atoms with van der Waals surface area (Å²) in [7, 11) is 0. The van der Waals surface area contributed by atoms with Gasteiger partial charge in [0, 0.05) is 38.4 Å². The summed E-state index contributed by atoms with van der Waals surface area (Å²) in [5.74, 6) is 0.993. The number of ether oxygens (including phenoxy) is 1. The number of carbonyl (C=O) groups excluding carboxylic acids is 1. The van der Waals surface area contributed by atoms with Gasteiger partial charge in [-0.1, -0.05) is 30.3 Å². The van der Waals surface area contributed by atoms with E-state index < -0.39 is 0 Å². The molecule has 2 aromatic heterocycles. The van der Waals surface area contributed by atoms with Crippen molar-refractivity contribution in [1.29, 1.82) is 0 Å². The molecule has 0 N–H and O–H groups in total. The molecule has 1 saturated heterocycles. The van der Waals surface area contributed by atoms with Crippen molar-refractivity contribution < 1.29 is 9.53 Å². The van der Waals surface area contributed by atoms with Gasteiger partial charge < -0.3 is 14.5 Å². The zero-order valence-corrected chi connectivity index (χ0v) is 13.8. The van der Waals surface area contributed by atoms with Crippen molar-refractivity contribution in [2.75, 3.05) is 31.1 Å². The van der Waals surface area contributed by atoms with E-state index in [4.69, 9.17) is 4.74 Å². The van der Waals surface area contributed by atoms with Gasteiger partial charge in [-0.05, 0) is 11.6 Å². The molecule has 1 aromatic carbocycles. The molecule has 1 fully saturated rings. The Bertz CT molecular complexity index is 856. The van der Waals surface area contributed by atoms with Crippen LogP contribution in [0.1, 0.15) is 5.56 Å². The monoisotopic (exact) mass is 337 g/mol. The van der Waals surface area contributed by atoms with Crippen LogP contribution in [0.25, 0.3) is 5.65 Å². The first-order valence-electron chi connectivity index (χ1n) is 8.30. The molecule has 0 bridgehead atoms. The molecule has 1 aliphatic rings. The van der Waals surface area contributed by atoms with Crippen LogP contribution in [0.2, 0.25) is 0 Å². The van der Waals surface area contributed by atoms with Gasteiger partial charge in [0.05, 0.1) is 6.20 Å². The van der Waals surface area contributed by atoms with E-state index in [2.05, 4.69) is 15.0 Å². The number of aromatic nitrogens is 3. The summed E-state index contributed by atoms with van der Waals surface area (Å²) in [5.41, 5.74) is 1.81. The van der Waals surface area contributed by atoms with E-state index in [1.807, 2.05) is 47.0 Å². The molecule has 7 heteroatoms. The maximum absolute atomic E-state index is 12.2. The standard InChI is InChI=1S/C18H19N5O2/c24-18(25-14-15-4-2-1-3-5-15)22-12-10-21(11-13-22)17-7-8-19-16-6-9-20-23(16)17/h1-9H,10-14H2. The Hall–Kier alpha value is -3.09. The van der Waals surface area contributed by atoms with Gasteiger partial charge in [-0.25, -0.2) is 9.78 Å². The number of anilines is 1. The lowest BCUT2D eigenvalue weighted by atomic mass is 10.2. The van der Waals surface area contributed by atoms with Gasteiger partial charge >= 0.3 is 6.09 Å². The average molecular weight is 337 g/mol. The molecule has 3 aromatic rings. The molecule has 0 aliphatic carbocycles. The SMILES string of the molecule is O=C(OCc1ccccc1)N1CCN(c2ccnc3ccnn23)CC1. The molecule has 4 rings (SSSR count). The molecule has 25 heavy (non-hydrogen) atoms. The first-order chi connectivity index (χ1) is 12.3. The number of carbonyl (C=O) groups is 1. The number of hydrogen-bond acceptors (Lipinski definition) is 5. The van der Waals surface area contributed by atoms with E-state index in [9.17, 15) is 4.79 Å². The molecule has 1 amide bonds. The third kappa shape index (κ3) is 3.26. The Morgan fingerprint density at radius 3 is 2.60 bits per heavy atom. The van der Waals surface area contributed by atoms with E-state index in [0.717, 1.165) is 30.1 Å². The summed E-state index contributed by atoms with van der Waals surface area (Å²) < 4.78 is 7.23. The Kier molecular flexibility index (Phi) is 4.20. The highest BCUT2D eigenvalue weighted by Gasteiger charge is 2.23. The Morgan fingerprint density at radius 1 is 1.00 bits per heavy atom. The molecule has 0 saturated carbocycles. The van der Waals surface area contributed by atoms with Crippen molar-refractivity contribution in [1.82, 2.24) is 19.5 Å². The van der Waals surface area contributed by atoms with Gasteiger partial charge in [0.1, 0.15) is 12.4 Å². The topological polar surface area (TPSA) is 63.0 Å². The van der Waals surface area contributed by atoms with Crippen LogP contribution in [0.5, 0.6) is 0 Å². The van der Waals surface area contributed by atoms with Crippen molar-refractivity contribution in [3.8, 4) is 0 Å². The molecule has 0 radical (unpaired) electrons. The van der Waals surface area contributed by atoms with Gasteiger partial charge in [-0.15, -0.1) is 0 Å². The summed E-state index contributed by atoms with van der Waals surface area (Å²) in [4.78, 5) is 20.5. The summed E-state index contributed by atoms with van der Waals surface area (Å²) >= 11 is 0. The van der Waals surface area contributed by atoms with E-state index in [1.54, 1.807) is 17.3 Å². The van der Waals surface area contributed by atoms with Crippen LogP contribution in [-0.2, 0) is 11.3 Å². The fourth-order valence-corrected chi connectivity index (χ4v) is 2.99. The minimum absolute atomic E-state index is 0.262. The lowest BCUT2D eigenvalue weighted by molar-refractivity contribution is 0.0941. The van der Waals surface area contributed by atoms with Crippen LogP contribution < -0.4 is 4.90 Å². The minimum Gasteiger partial charge on any atom is -0.445 e. The van der Waals surface area contributed by atoms with Crippen LogP contribution in [0.15, 0.2) is 54.9 Å². The maximum atomic E-state index is 12.2. The van der Waals surface area contributed by atoms with E-state index in [0.29, 0.717) is 19.7 Å². The van der Waals surface area contributed by atoms with Crippen molar-refractivity contribution in [3.05, 3.63) is 60.4 Å². The van der Waals surface area contributed by atoms with Crippen LogP contribution in [0.4, 0.5) is 10.6 Å². The van der Waals surface area contributed by atoms with Crippen molar-refractivity contribution in [2.45, 2.75) is 6.61 Å². The predicted octanol–water partition coefficient (Wildman–Crippen LogP) is 2.19. The summed E-state index contributed by atoms with van der Waals surface area (Å²) in [6.45, 7) is 3.02. The second kappa shape index (κ2) is 6.80. The van der Waals surface area contributed by atoms with Crippen molar-refractivity contribution >= 4 is 17.6 Å². The van der Waals surface area contributed by atoms with Gasteiger partial charge in [-0.2, -0.15) is 9.61 Å². The average Bonchev–Trinajstić information content (AvgIpc) is 3.16. The predicted molar refractivity (Wildman–Crippen MR) is 93.4 cm³/mol. The second-order valence-corrected chi connectivity index (χ2v) is 5.92. The first kappa shape index (κ1) is 15.4. The van der Waals surface area contributed by atoms with Gasteiger partial charge in [0.2, 0.25) is 0 Å². The Balaban J connectivity index is 1.35.